The van der Waals surface area contributed by atoms with Crippen LogP contribution in [0.1, 0.15) is 202 Å². The summed E-state index contributed by atoms with van der Waals surface area (Å²) in [5.41, 5.74) is 1.19. The van der Waals surface area contributed by atoms with E-state index < -0.39 is 5.97 Å². The third-order valence-corrected chi connectivity index (χ3v) is 9.53. The van der Waals surface area contributed by atoms with Gasteiger partial charge >= 0.3 is 0 Å². The third-order valence-electron chi connectivity index (χ3n) is 9.53. The van der Waals surface area contributed by atoms with Crippen LogP contribution in [0, 0.1) is 5.41 Å². The Morgan fingerprint density at radius 2 is 0.959 bits per heavy atom. The van der Waals surface area contributed by atoms with Crippen molar-refractivity contribution in [2.45, 2.75) is 220 Å². The summed E-state index contributed by atoms with van der Waals surface area (Å²) < 4.78 is 19.5. The first-order valence-electron chi connectivity index (χ1n) is 21.0. The Hall–Kier alpha value is -1.42. The largest absolute Gasteiger partial charge is 0.327 e. The SMILES string of the molecule is C=C(C)CC(C)(C)COC1(C)OC(CCCCCCC/C=C\C/C=C\CCCCC)C(CCCCCCC/C=C\C/C=C\CCCCC)O1. The molecule has 1 fully saturated rings. The first-order valence-corrected chi connectivity index (χ1v) is 21.0. The van der Waals surface area contributed by atoms with Crippen molar-refractivity contribution in [1.29, 1.82) is 0 Å². The molecule has 3 nitrogen and oxygen atoms in total. The minimum atomic E-state index is -0.949. The highest BCUT2D eigenvalue weighted by Gasteiger charge is 2.45. The van der Waals surface area contributed by atoms with Crippen LogP contribution in [0.15, 0.2) is 60.8 Å². The molecule has 0 saturated carbocycles. The molecule has 0 bridgehead atoms. The quantitative estimate of drug-likeness (QED) is 0.0509. The van der Waals surface area contributed by atoms with Gasteiger partial charge in [0.1, 0.15) is 0 Å². The third kappa shape index (κ3) is 27.0. The Balaban J connectivity index is 2.35. The zero-order valence-electron chi connectivity index (χ0n) is 33.6. The zero-order chi connectivity index (χ0) is 35.9. The minimum absolute atomic E-state index is 0.00934. The van der Waals surface area contributed by atoms with E-state index >= 15 is 0 Å². The van der Waals surface area contributed by atoms with Crippen LogP contribution in [0.2, 0.25) is 0 Å². The molecule has 0 spiro atoms. The van der Waals surface area contributed by atoms with Crippen LogP contribution in [0.3, 0.4) is 0 Å². The van der Waals surface area contributed by atoms with E-state index in [1.165, 1.54) is 134 Å². The van der Waals surface area contributed by atoms with Crippen LogP contribution >= 0.6 is 0 Å². The molecule has 1 aliphatic heterocycles. The van der Waals surface area contributed by atoms with Gasteiger partial charge in [-0.3, -0.25) is 0 Å². The van der Waals surface area contributed by atoms with Crippen molar-refractivity contribution in [3.8, 4) is 0 Å². The van der Waals surface area contributed by atoms with Crippen LogP contribution in [0.4, 0.5) is 0 Å². The normalized spacial score (nSPS) is 20.3. The first-order chi connectivity index (χ1) is 23.7. The minimum Gasteiger partial charge on any atom is -0.327 e. The highest BCUT2D eigenvalue weighted by atomic mass is 16.9. The van der Waals surface area contributed by atoms with Crippen LogP contribution < -0.4 is 0 Å². The standard InChI is InChI=1S/C46H82O3/c1-8-10-12-14-16-18-20-22-24-26-28-30-32-34-36-38-43-44(49-46(7,48-43)47-41-45(5,6)40-42(3)4)39-37-35-33-31-29-27-25-23-21-19-17-15-13-11-9-2/h16-19,22-25,43-44H,3,8-15,20-21,26-41H2,1-2,4-7H3/b18-16-,19-17-,24-22-,25-23-. The Kier molecular flexibility index (Phi) is 28.1. The predicted octanol–water partition coefficient (Wildman–Crippen LogP) is 15.1. The van der Waals surface area contributed by atoms with Gasteiger partial charge in [0.05, 0.1) is 18.8 Å². The fraction of sp³-hybridized carbons (Fsp3) is 0.783. The maximum absolute atomic E-state index is 6.56. The Morgan fingerprint density at radius 3 is 1.35 bits per heavy atom. The van der Waals surface area contributed by atoms with Crippen molar-refractivity contribution in [2.75, 3.05) is 6.61 Å². The van der Waals surface area contributed by atoms with E-state index in [-0.39, 0.29) is 17.6 Å². The summed E-state index contributed by atoms with van der Waals surface area (Å²) in [4.78, 5) is 0. The molecule has 284 valence electrons. The highest BCUT2D eigenvalue weighted by molar-refractivity contribution is 4.95. The summed E-state index contributed by atoms with van der Waals surface area (Å²) in [6.07, 6.45) is 49.8. The second-order valence-corrected chi connectivity index (χ2v) is 15.8. The van der Waals surface area contributed by atoms with E-state index in [2.05, 4.69) is 89.8 Å². The van der Waals surface area contributed by atoms with Gasteiger partial charge in [-0.2, -0.15) is 0 Å². The average molecular weight is 683 g/mol. The number of rotatable bonds is 33. The predicted molar refractivity (Wildman–Crippen MR) is 216 cm³/mol. The highest BCUT2D eigenvalue weighted by Crippen LogP contribution is 2.37. The molecular weight excluding hydrogens is 601 g/mol. The van der Waals surface area contributed by atoms with Crippen LogP contribution in [0.25, 0.3) is 0 Å². The topological polar surface area (TPSA) is 27.7 Å². The van der Waals surface area contributed by atoms with E-state index in [1.54, 1.807) is 0 Å². The molecule has 1 saturated heterocycles. The van der Waals surface area contributed by atoms with Crippen molar-refractivity contribution in [1.82, 2.24) is 0 Å². The van der Waals surface area contributed by atoms with Gasteiger partial charge in [-0.15, -0.1) is 6.58 Å². The molecular formula is C46H82O3. The molecule has 2 atom stereocenters. The molecule has 0 radical (unpaired) electrons. The number of unbranched alkanes of at least 4 members (excludes halogenated alkanes) is 16. The van der Waals surface area contributed by atoms with Gasteiger partial charge in [-0.25, -0.2) is 0 Å². The van der Waals surface area contributed by atoms with E-state index in [1.807, 2.05) is 6.92 Å². The monoisotopic (exact) mass is 683 g/mol. The molecule has 0 amide bonds. The van der Waals surface area contributed by atoms with Gasteiger partial charge < -0.3 is 14.2 Å². The van der Waals surface area contributed by atoms with Crippen LogP contribution in [-0.4, -0.2) is 24.8 Å². The van der Waals surface area contributed by atoms with Gasteiger partial charge in [-0.1, -0.05) is 159 Å². The van der Waals surface area contributed by atoms with Gasteiger partial charge in [0.25, 0.3) is 5.97 Å². The molecule has 1 aliphatic rings. The van der Waals surface area contributed by atoms with Crippen molar-refractivity contribution in [3.05, 3.63) is 60.8 Å². The summed E-state index contributed by atoms with van der Waals surface area (Å²) in [6, 6.07) is 0. The van der Waals surface area contributed by atoms with Crippen LogP contribution in [-0.2, 0) is 14.2 Å². The smallest absolute Gasteiger partial charge is 0.280 e. The Morgan fingerprint density at radius 1 is 0.592 bits per heavy atom. The molecule has 1 rings (SSSR count). The molecule has 49 heavy (non-hydrogen) atoms. The maximum Gasteiger partial charge on any atom is 0.280 e. The van der Waals surface area contributed by atoms with Crippen molar-refractivity contribution >= 4 is 0 Å². The fourth-order valence-electron chi connectivity index (χ4n) is 6.80. The van der Waals surface area contributed by atoms with E-state index in [0.29, 0.717) is 6.61 Å². The molecule has 0 N–H and O–H groups in total. The molecule has 2 unspecified atom stereocenters. The Labute approximate surface area is 306 Å². The first kappa shape index (κ1) is 45.6. The molecule has 0 aromatic carbocycles. The summed E-state index contributed by atoms with van der Waals surface area (Å²) in [5, 5.41) is 0. The number of ether oxygens (including phenoxy) is 3. The number of hydrogen-bond acceptors (Lipinski definition) is 3. The lowest BCUT2D eigenvalue weighted by molar-refractivity contribution is -0.337. The summed E-state index contributed by atoms with van der Waals surface area (Å²) in [7, 11) is 0. The van der Waals surface area contributed by atoms with Gasteiger partial charge in [0, 0.05) is 6.92 Å². The lowest BCUT2D eigenvalue weighted by atomic mass is 9.87. The lowest BCUT2D eigenvalue weighted by Crippen LogP contribution is -2.35. The maximum atomic E-state index is 6.56. The fourth-order valence-corrected chi connectivity index (χ4v) is 6.80. The molecule has 0 aliphatic carbocycles. The van der Waals surface area contributed by atoms with E-state index in [0.717, 1.165) is 32.1 Å². The summed E-state index contributed by atoms with van der Waals surface area (Å²) in [6.45, 7) is 17.8. The van der Waals surface area contributed by atoms with Crippen molar-refractivity contribution in [2.24, 2.45) is 5.41 Å². The van der Waals surface area contributed by atoms with Gasteiger partial charge in [0.15, 0.2) is 0 Å². The number of hydrogen-bond donors (Lipinski definition) is 0. The number of allylic oxidation sites excluding steroid dienone is 9. The van der Waals surface area contributed by atoms with Crippen molar-refractivity contribution in [3.63, 3.8) is 0 Å². The molecule has 1 heterocycles. The van der Waals surface area contributed by atoms with E-state index in [9.17, 15) is 0 Å². The lowest BCUT2D eigenvalue weighted by Gasteiger charge is -2.30. The van der Waals surface area contributed by atoms with Crippen molar-refractivity contribution < 1.29 is 14.2 Å². The molecule has 0 aromatic heterocycles. The molecule has 0 aromatic rings. The van der Waals surface area contributed by atoms with E-state index in [4.69, 9.17) is 14.2 Å². The van der Waals surface area contributed by atoms with Crippen LogP contribution in [0.5, 0.6) is 0 Å². The molecule has 3 heteroatoms. The average Bonchev–Trinajstić information content (AvgIpc) is 3.38. The second kappa shape index (κ2) is 30.2. The Bertz CT molecular complexity index is 840. The van der Waals surface area contributed by atoms with Gasteiger partial charge in [0.2, 0.25) is 0 Å². The summed E-state index contributed by atoms with van der Waals surface area (Å²) >= 11 is 0. The van der Waals surface area contributed by atoms with Gasteiger partial charge in [-0.05, 0) is 95.8 Å². The second-order valence-electron chi connectivity index (χ2n) is 15.8. The zero-order valence-corrected chi connectivity index (χ0v) is 33.6. The summed E-state index contributed by atoms with van der Waals surface area (Å²) in [5.74, 6) is -0.949.